The highest BCUT2D eigenvalue weighted by Gasteiger charge is 2.35. The molecule has 2 atom stereocenters. The van der Waals surface area contributed by atoms with Crippen LogP contribution in [0.3, 0.4) is 0 Å². The van der Waals surface area contributed by atoms with Gasteiger partial charge < -0.3 is 0 Å². The Hall–Kier alpha value is 0. The van der Waals surface area contributed by atoms with Crippen molar-refractivity contribution < 1.29 is 0 Å². The lowest BCUT2D eigenvalue weighted by atomic mass is 9.77. The molecule has 110 valence electrons. The zero-order valence-corrected chi connectivity index (χ0v) is 13.0. The molecule has 0 heteroatoms. The molecule has 0 nitrogen and oxygen atoms in total. The molecule has 0 aromatic heterocycles. The van der Waals surface area contributed by atoms with Gasteiger partial charge >= 0.3 is 0 Å². The zero-order valence-electron chi connectivity index (χ0n) is 13.0. The third-order valence-corrected chi connectivity index (χ3v) is 6.79. The maximum Gasteiger partial charge on any atom is -0.0297 e. The van der Waals surface area contributed by atoms with E-state index < -0.39 is 0 Å². The Bertz CT molecular complexity index is 239. The Morgan fingerprint density at radius 2 is 0.842 bits per heavy atom. The van der Waals surface area contributed by atoms with E-state index in [0.29, 0.717) is 0 Å². The molecule has 0 radical (unpaired) electrons. The minimum atomic E-state index is 0.819. The Kier molecular flexibility index (Phi) is 4.87. The predicted molar refractivity (Wildman–Crippen MR) is 83.3 cm³/mol. The van der Waals surface area contributed by atoms with Crippen LogP contribution in [-0.2, 0) is 0 Å². The van der Waals surface area contributed by atoms with Crippen molar-refractivity contribution in [1.29, 1.82) is 0 Å². The molecule has 0 heterocycles. The van der Waals surface area contributed by atoms with Crippen molar-refractivity contribution in [3.8, 4) is 0 Å². The van der Waals surface area contributed by atoms with Crippen molar-refractivity contribution in [2.45, 2.75) is 103 Å². The summed E-state index contributed by atoms with van der Waals surface area (Å²) in [5.41, 5.74) is 0.819. The van der Waals surface area contributed by atoms with Crippen LogP contribution in [0.5, 0.6) is 0 Å². The summed E-state index contributed by atoms with van der Waals surface area (Å²) in [5.74, 6) is 2.22. The quantitative estimate of drug-likeness (QED) is 0.468. The predicted octanol–water partition coefficient (Wildman–Crippen LogP) is 6.49. The van der Waals surface area contributed by atoms with Gasteiger partial charge in [-0.2, -0.15) is 0 Å². The van der Waals surface area contributed by atoms with Crippen LogP contribution < -0.4 is 0 Å². The molecule has 0 amide bonds. The van der Waals surface area contributed by atoms with Gasteiger partial charge in [0.2, 0.25) is 0 Å². The summed E-state index contributed by atoms with van der Waals surface area (Å²) in [7, 11) is 0. The first-order chi connectivity index (χ1) is 9.38. The van der Waals surface area contributed by atoms with Crippen LogP contribution in [0.1, 0.15) is 103 Å². The second kappa shape index (κ2) is 6.64. The van der Waals surface area contributed by atoms with E-state index in [1.165, 1.54) is 38.5 Å². The Labute approximate surface area is 120 Å². The molecule has 2 unspecified atom stereocenters. The number of rotatable bonds is 0. The van der Waals surface area contributed by atoms with Crippen molar-refractivity contribution in [3.63, 3.8) is 0 Å². The van der Waals surface area contributed by atoms with Crippen molar-refractivity contribution in [3.05, 3.63) is 0 Å². The van der Waals surface area contributed by atoms with Crippen molar-refractivity contribution in [2.75, 3.05) is 0 Å². The Morgan fingerprint density at radius 3 is 1.37 bits per heavy atom. The molecule has 3 saturated carbocycles. The highest BCUT2D eigenvalue weighted by molar-refractivity contribution is 4.87. The summed E-state index contributed by atoms with van der Waals surface area (Å²) < 4.78 is 0. The number of hydrogen-bond donors (Lipinski definition) is 0. The molecule has 0 aliphatic heterocycles. The third kappa shape index (κ3) is 3.56. The first-order valence-corrected chi connectivity index (χ1v) is 9.38. The monoisotopic (exact) mass is 262 g/mol. The van der Waals surface area contributed by atoms with Gasteiger partial charge in [0, 0.05) is 0 Å². The summed E-state index contributed by atoms with van der Waals surface area (Å²) in [6, 6.07) is 0. The highest BCUT2D eigenvalue weighted by atomic mass is 14.4. The van der Waals surface area contributed by atoms with E-state index in [2.05, 4.69) is 0 Å². The summed E-state index contributed by atoms with van der Waals surface area (Å²) >= 11 is 0. The molecule has 3 fully saturated rings. The van der Waals surface area contributed by atoms with Gasteiger partial charge in [0.15, 0.2) is 0 Å². The molecule has 0 aromatic carbocycles. The standard InChI is InChI=1S/C19H34/c1-2-4-10-18-12-8-16-19(13-5-6-14-19)15-7-11-17(18)9-3-1/h17-18H,1-16H2. The van der Waals surface area contributed by atoms with Crippen LogP contribution in [0.2, 0.25) is 0 Å². The fraction of sp³-hybridized carbons (Fsp3) is 1.00. The average molecular weight is 262 g/mol. The summed E-state index contributed by atoms with van der Waals surface area (Å²) in [6.45, 7) is 0. The second-order valence-corrected chi connectivity index (χ2v) is 8.00. The van der Waals surface area contributed by atoms with Crippen LogP contribution in [0.25, 0.3) is 0 Å². The number of fused-ring (bicyclic) bond motifs is 1. The molecule has 19 heavy (non-hydrogen) atoms. The maximum absolute atomic E-state index is 1.58. The van der Waals surface area contributed by atoms with E-state index >= 15 is 0 Å². The Morgan fingerprint density at radius 1 is 0.421 bits per heavy atom. The lowest BCUT2D eigenvalue weighted by molar-refractivity contribution is 0.231. The fourth-order valence-electron chi connectivity index (χ4n) is 5.63. The van der Waals surface area contributed by atoms with Gasteiger partial charge in [-0.05, 0) is 42.9 Å². The first-order valence-electron chi connectivity index (χ1n) is 9.38. The van der Waals surface area contributed by atoms with Crippen LogP contribution in [0.15, 0.2) is 0 Å². The lowest BCUT2D eigenvalue weighted by Crippen LogP contribution is -2.16. The molecule has 0 saturated heterocycles. The minimum Gasteiger partial charge on any atom is -0.0533 e. The van der Waals surface area contributed by atoms with Crippen molar-refractivity contribution in [1.82, 2.24) is 0 Å². The smallest absolute Gasteiger partial charge is 0.0297 e. The van der Waals surface area contributed by atoms with Crippen LogP contribution >= 0.6 is 0 Å². The molecule has 3 aliphatic rings. The SMILES string of the molecule is C1CCCC2CCCC3(CCCC3)CCCC2CC1. The minimum absolute atomic E-state index is 0.819. The van der Waals surface area contributed by atoms with Crippen molar-refractivity contribution >= 4 is 0 Å². The van der Waals surface area contributed by atoms with Gasteiger partial charge in [0.25, 0.3) is 0 Å². The number of hydrogen-bond acceptors (Lipinski definition) is 0. The van der Waals surface area contributed by atoms with Crippen molar-refractivity contribution in [2.24, 2.45) is 17.3 Å². The van der Waals surface area contributed by atoms with Gasteiger partial charge in [-0.3, -0.25) is 0 Å². The largest absolute Gasteiger partial charge is 0.0533 e. The van der Waals surface area contributed by atoms with Gasteiger partial charge in [-0.25, -0.2) is 0 Å². The van der Waals surface area contributed by atoms with Crippen LogP contribution in [-0.4, -0.2) is 0 Å². The normalized spacial score (nSPS) is 36.6. The second-order valence-electron chi connectivity index (χ2n) is 8.00. The van der Waals surface area contributed by atoms with Crippen LogP contribution in [0, 0.1) is 17.3 Å². The van der Waals surface area contributed by atoms with Gasteiger partial charge in [-0.15, -0.1) is 0 Å². The van der Waals surface area contributed by atoms with E-state index in [4.69, 9.17) is 0 Å². The Balaban J connectivity index is 1.62. The molecule has 0 N–H and O–H groups in total. The van der Waals surface area contributed by atoms with E-state index in [1.54, 1.807) is 64.2 Å². The fourth-order valence-corrected chi connectivity index (χ4v) is 5.63. The molecule has 0 aromatic rings. The first kappa shape index (κ1) is 14.0. The van der Waals surface area contributed by atoms with E-state index in [-0.39, 0.29) is 0 Å². The average Bonchev–Trinajstić information content (AvgIpc) is 2.86. The molecule has 1 spiro atoms. The summed E-state index contributed by atoms with van der Waals surface area (Å²) in [5, 5.41) is 0. The highest BCUT2D eigenvalue weighted by Crippen LogP contribution is 2.48. The van der Waals surface area contributed by atoms with E-state index in [9.17, 15) is 0 Å². The molecular formula is C19H34. The maximum atomic E-state index is 1.58. The van der Waals surface area contributed by atoms with Crippen LogP contribution in [0.4, 0.5) is 0 Å². The van der Waals surface area contributed by atoms with Gasteiger partial charge in [-0.1, -0.05) is 77.0 Å². The third-order valence-electron chi connectivity index (χ3n) is 6.79. The topological polar surface area (TPSA) is 0 Å². The van der Waals surface area contributed by atoms with Gasteiger partial charge in [0.1, 0.15) is 0 Å². The molecular weight excluding hydrogens is 228 g/mol. The van der Waals surface area contributed by atoms with E-state index in [0.717, 1.165) is 17.3 Å². The summed E-state index contributed by atoms with van der Waals surface area (Å²) in [6.07, 6.45) is 24.9. The molecule has 3 aliphatic carbocycles. The molecule has 3 rings (SSSR count). The van der Waals surface area contributed by atoms with E-state index in [1.807, 2.05) is 0 Å². The molecule has 0 bridgehead atoms. The zero-order chi connectivity index (χ0) is 13.0. The van der Waals surface area contributed by atoms with Gasteiger partial charge in [0.05, 0.1) is 0 Å². The lowest BCUT2D eigenvalue weighted by Gasteiger charge is -2.29. The summed E-state index contributed by atoms with van der Waals surface area (Å²) in [4.78, 5) is 0.